The highest BCUT2D eigenvalue weighted by Gasteiger charge is 2.23. The van der Waals surface area contributed by atoms with Crippen molar-refractivity contribution in [2.45, 2.75) is 44.2 Å². The van der Waals surface area contributed by atoms with Crippen LogP contribution in [0.5, 0.6) is 5.75 Å². The molecule has 1 atom stereocenters. The van der Waals surface area contributed by atoms with E-state index in [1.54, 1.807) is 0 Å². The molecule has 0 aliphatic heterocycles. The molecule has 102 valence electrons. The molecule has 1 saturated carbocycles. The van der Waals surface area contributed by atoms with Gasteiger partial charge in [0, 0.05) is 12.1 Å². The number of amides is 1. The molecule has 2 aliphatic rings. The predicted molar refractivity (Wildman–Crippen MR) is 73.0 cm³/mol. The summed E-state index contributed by atoms with van der Waals surface area (Å²) in [7, 11) is 0. The van der Waals surface area contributed by atoms with Gasteiger partial charge in [-0.05, 0) is 55.4 Å². The Labute approximate surface area is 113 Å². The van der Waals surface area contributed by atoms with E-state index in [0.29, 0.717) is 6.04 Å². The van der Waals surface area contributed by atoms with Crippen molar-refractivity contribution >= 4 is 5.91 Å². The van der Waals surface area contributed by atoms with Crippen molar-refractivity contribution in [3.8, 4) is 5.75 Å². The third kappa shape index (κ3) is 3.07. The predicted octanol–water partition coefficient (Wildman–Crippen LogP) is 1.68. The number of carbonyl (C=O) groups is 1. The van der Waals surface area contributed by atoms with Crippen molar-refractivity contribution in [2.24, 2.45) is 5.73 Å². The zero-order chi connectivity index (χ0) is 13.2. The quantitative estimate of drug-likeness (QED) is 0.865. The first-order valence-electron chi connectivity index (χ1n) is 7.03. The molecule has 1 fully saturated rings. The summed E-state index contributed by atoms with van der Waals surface area (Å²) in [5.41, 5.74) is 8.60. The van der Waals surface area contributed by atoms with Crippen LogP contribution in [-0.2, 0) is 11.2 Å². The maximum Gasteiger partial charge on any atom is 0.258 e. The number of carbonyl (C=O) groups excluding carboxylic acids is 1. The Hall–Kier alpha value is -1.55. The lowest BCUT2D eigenvalue weighted by atomic mass is 9.88. The Morgan fingerprint density at radius 1 is 1.37 bits per heavy atom. The number of benzene rings is 1. The third-order valence-electron chi connectivity index (χ3n) is 3.79. The van der Waals surface area contributed by atoms with Gasteiger partial charge >= 0.3 is 0 Å². The first-order chi connectivity index (χ1) is 9.22. The van der Waals surface area contributed by atoms with Gasteiger partial charge in [0.25, 0.3) is 5.91 Å². The molecule has 1 amide bonds. The summed E-state index contributed by atoms with van der Waals surface area (Å²) in [6.45, 7) is 0.0878. The van der Waals surface area contributed by atoms with E-state index < -0.39 is 0 Å². The third-order valence-corrected chi connectivity index (χ3v) is 3.79. The molecule has 1 aromatic rings. The first kappa shape index (κ1) is 12.5. The zero-order valence-electron chi connectivity index (χ0n) is 11.0. The van der Waals surface area contributed by atoms with Crippen LogP contribution in [0.1, 0.15) is 42.9 Å². The SMILES string of the molecule is N[C@H]1CCCc2ccc(OCC(=O)NC3CC3)cc21. The number of nitrogens with two attached hydrogens (primary N) is 1. The fraction of sp³-hybridized carbons (Fsp3) is 0.533. The molecule has 0 bridgehead atoms. The molecule has 4 nitrogen and oxygen atoms in total. The molecule has 4 heteroatoms. The molecule has 2 aliphatic carbocycles. The minimum absolute atomic E-state index is 0.0375. The van der Waals surface area contributed by atoms with E-state index in [1.807, 2.05) is 12.1 Å². The second kappa shape index (κ2) is 5.21. The van der Waals surface area contributed by atoms with Crippen LogP contribution in [0.3, 0.4) is 0 Å². The lowest BCUT2D eigenvalue weighted by Crippen LogP contribution is -2.30. The van der Waals surface area contributed by atoms with E-state index in [4.69, 9.17) is 10.5 Å². The highest BCUT2D eigenvalue weighted by Crippen LogP contribution is 2.30. The standard InChI is InChI=1S/C15H20N2O2/c16-14-3-1-2-10-4-7-12(8-13(10)14)19-9-15(18)17-11-5-6-11/h4,7-8,11,14H,1-3,5-6,9,16H2,(H,17,18)/t14-/m0/s1. The molecule has 0 spiro atoms. The van der Waals surface area contributed by atoms with Crippen LogP contribution in [0.2, 0.25) is 0 Å². The summed E-state index contributed by atoms with van der Waals surface area (Å²) in [6, 6.07) is 6.48. The average molecular weight is 260 g/mol. The Morgan fingerprint density at radius 2 is 2.21 bits per heavy atom. The van der Waals surface area contributed by atoms with Crippen LogP contribution in [0.15, 0.2) is 18.2 Å². The highest BCUT2D eigenvalue weighted by atomic mass is 16.5. The maximum absolute atomic E-state index is 11.6. The molecule has 0 aromatic heterocycles. The smallest absolute Gasteiger partial charge is 0.258 e. The molecule has 19 heavy (non-hydrogen) atoms. The van der Waals surface area contributed by atoms with Crippen LogP contribution in [-0.4, -0.2) is 18.6 Å². The second-order valence-electron chi connectivity index (χ2n) is 5.49. The van der Waals surface area contributed by atoms with Gasteiger partial charge in [-0.25, -0.2) is 0 Å². The number of nitrogens with one attached hydrogen (secondary N) is 1. The lowest BCUT2D eigenvalue weighted by Gasteiger charge is -2.22. The van der Waals surface area contributed by atoms with Crippen molar-refractivity contribution in [1.29, 1.82) is 0 Å². The minimum Gasteiger partial charge on any atom is -0.484 e. The van der Waals surface area contributed by atoms with E-state index in [9.17, 15) is 4.79 Å². The number of hydrogen-bond donors (Lipinski definition) is 2. The summed E-state index contributed by atoms with van der Waals surface area (Å²) >= 11 is 0. The van der Waals surface area contributed by atoms with E-state index in [1.165, 1.54) is 11.1 Å². The van der Waals surface area contributed by atoms with Gasteiger partial charge in [0.1, 0.15) is 5.75 Å². The zero-order valence-corrected chi connectivity index (χ0v) is 11.0. The number of ether oxygens (including phenoxy) is 1. The van der Waals surface area contributed by atoms with Gasteiger partial charge in [0.05, 0.1) is 0 Å². The topological polar surface area (TPSA) is 64.3 Å². The molecule has 1 aromatic carbocycles. The van der Waals surface area contributed by atoms with Gasteiger partial charge in [0.15, 0.2) is 6.61 Å². The molecule has 0 heterocycles. The highest BCUT2D eigenvalue weighted by molar-refractivity contribution is 5.78. The van der Waals surface area contributed by atoms with Gasteiger partial charge in [-0.15, -0.1) is 0 Å². The molecule has 3 rings (SSSR count). The summed E-state index contributed by atoms with van der Waals surface area (Å²) in [5, 5.41) is 2.91. The molecular formula is C15H20N2O2. The monoisotopic (exact) mass is 260 g/mol. The fourth-order valence-corrected chi connectivity index (χ4v) is 2.55. The van der Waals surface area contributed by atoms with Crippen molar-refractivity contribution in [3.63, 3.8) is 0 Å². The molecule has 0 radical (unpaired) electrons. The Morgan fingerprint density at radius 3 is 3.00 bits per heavy atom. The minimum atomic E-state index is -0.0375. The lowest BCUT2D eigenvalue weighted by molar-refractivity contribution is -0.123. The van der Waals surface area contributed by atoms with Crippen LogP contribution in [0, 0.1) is 0 Å². The average Bonchev–Trinajstić information content (AvgIpc) is 3.21. The van der Waals surface area contributed by atoms with Gasteiger partial charge in [-0.3, -0.25) is 4.79 Å². The molecule has 0 saturated heterocycles. The summed E-state index contributed by atoms with van der Waals surface area (Å²) < 4.78 is 5.54. The van der Waals surface area contributed by atoms with Crippen LogP contribution in [0.4, 0.5) is 0 Å². The number of fused-ring (bicyclic) bond motifs is 1. The van der Waals surface area contributed by atoms with E-state index in [2.05, 4.69) is 11.4 Å². The Balaban J connectivity index is 1.61. The fourth-order valence-electron chi connectivity index (χ4n) is 2.55. The van der Waals surface area contributed by atoms with Crippen LogP contribution < -0.4 is 15.8 Å². The van der Waals surface area contributed by atoms with Gasteiger partial charge < -0.3 is 15.8 Å². The number of rotatable bonds is 4. The van der Waals surface area contributed by atoms with Crippen molar-refractivity contribution in [1.82, 2.24) is 5.32 Å². The summed E-state index contributed by atoms with van der Waals surface area (Å²) in [6.07, 6.45) is 5.46. The maximum atomic E-state index is 11.6. The van der Waals surface area contributed by atoms with E-state index in [0.717, 1.165) is 37.9 Å². The largest absolute Gasteiger partial charge is 0.484 e. The normalized spacial score (nSPS) is 21.6. The van der Waals surface area contributed by atoms with Crippen molar-refractivity contribution in [3.05, 3.63) is 29.3 Å². The first-order valence-corrected chi connectivity index (χ1v) is 7.03. The van der Waals surface area contributed by atoms with Gasteiger partial charge in [0.2, 0.25) is 0 Å². The van der Waals surface area contributed by atoms with Gasteiger partial charge in [-0.1, -0.05) is 6.07 Å². The number of aryl methyl sites for hydroxylation is 1. The summed E-state index contributed by atoms with van der Waals surface area (Å²) in [5.74, 6) is 0.701. The Kier molecular flexibility index (Phi) is 3.42. The molecule has 3 N–H and O–H groups in total. The molecular weight excluding hydrogens is 240 g/mol. The van der Waals surface area contributed by atoms with Gasteiger partial charge in [-0.2, -0.15) is 0 Å². The summed E-state index contributed by atoms with van der Waals surface area (Å²) in [4.78, 5) is 11.6. The van der Waals surface area contributed by atoms with Crippen LogP contribution >= 0.6 is 0 Å². The van der Waals surface area contributed by atoms with Crippen molar-refractivity contribution < 1.29 is 9.53 Å². The Bertz CT molecular complexity index is 483. The second-order valence-corrected chi connectivity index (χ2v) is 5.49. The van der Waals surface area contributed by atoms with Crippen LogP contribution in [0.25, 0.3) is 0 Å². The number of hydrogen-bond acceptors (Lipinski definition) is 3. The van der Waals surface area contributed by atoms with E-state index >= 15 is 0 Å². The van der Waals surface area contributed by atoms with Crippen molar-refractivity contribution in [2.75, 3.05) is 6.61 Å². The molecule has 0 unspecified atom stereocenters. The van der Waals surface area contributed by atoms with E-state index in [-0.39, 0.29) is 18.6 Å².